The summed E-state index contributed by atoms with van der Waals surface area (Å²) in [5, 5.41) is 10.6. The highest BCUT2D eigenvalue weighted by molar-refractivity contribution is 7.47. The van der Waals surface area contributed by atoms with Crippen LogP contribution in [0.2, 0.25) is 0 Å². The second-order valence-corrected chi connectivity index (χ2v) is 29.0. The molecule has 0 radical (unpaired) electrons. The molecule has 0 aromatic rings. The monoisotopic (exact) mass is 1320 g/mol. The number of ether oxygens (including phenoxy) is 4. The van der Waals surface area contributed by atoms with Crippen LogP contribution in [0, 0.1) is 5.92 Å². The number of aliphatic hydroxyl groups excluding tert-OH is 1. The van der Waals surface area contributed by atoms with Gasteiger partial charge in [-0.2, -0.15) is 0 Å². The summed E-state index contributed by atoms with van der Waals surface area (Å²) >= 11 is 0. The highest BCUT2D eigenvalue weighted by Gasteiger charge is 2.30. The summed E-state index contributed by atoms with van der Waals surface area (Å²) in [6.07, 6.45) is 51.6. The molecule has 534 valence electrons. The third-order valence-corrected chi connectivity index (χ3v) is 18.4. The van der Waals surface area contributed by atoms with Crippen molar-refractivity contribution in [1.82, 2.24) is 0 Å². The van der Waals surface area contributed by atoms with E-state index in [4.69, 9.17) is 37.0 Å². The van der Waals surface area contributed by atoms with Gasteiger partial charge in [-0.05, 0) is 31.6 Å². The summed E-state index contributed by atoms with van der Waals surface area (Å²) < 4.78 is 68.1. The fraction of sp³-hybridized carbons (Fsp3) is 0.944. The largest absolute Gasteiger partial charge is 0.472 e. The highest BCUT2D eigenvalue weighted by Crippen LogP contribution is 2.45. The lowest BCUT2D eigenvalue weighted by Crippen LogP contribution is -2.30. The third kappa shape index (κ3) is 64.8. The fourth-order valence-electron chi connectivity index (χ4n) is 10.8. The van der Waals surface area contributed by atoms with Gasteiger partial charge < -0.3 is 33.8 Å². The Labute approximate surface area is 549 Å². The third-order valence-electron chi connectivity index (χ3n) is 16.5. The van der Waals surface area contributed by atoms with Gasteiger partial charge in [-0.25, -0.2) is 9.13 Å². The average Bonchev–Trinajstić information content (AvgIpc) is 2.95. The maximum Gasteiger partial charge on any atom is 0.472 e. The predicted molar refractivity (Wildman–Crippen MR) is 363 cm³/mol. The Balaban J connectivity index is 5.15. The lowest BCUT2D eigenvalue weighted by atomic mass is 10.0. The van der Waals surface area contributed by atoms with Gasteiger partial charge in [0.05, 0.1) is 26.4 Å². The fourth-order valence-corrected chi connectivity index (χ4v) is 12.4. The summed E-state index contributed by atoms with van der Waals surface area (Å²) in [6.45, 7) is 7.20. The van der Waals surface area contributed by atoms with Crippen molar-refractivity contribution in [2.24, 2.45) is 5.92 Å². The zero-order valence-corrected chi connectivity index (χ0v) is 60.1. The van der Waals surface area contributed by atoms with Crippen molar-refractivity contribution in [3.63, 3.8) is 0 Å². The topological polar surface area (TPSA) is 237 Å². The van der Waals surface area contributed by atoms with E-state index in [2.05, 4.69) is 34.6 Å². The van der Waals surface area contributed by atoms with Crippen molar-refractivity contribution in [3.8, 4) is 0 Å². The minimum absolute atomic E-state index is 0.107. The van der Waals surface area contributed by atoms with Crippen LogP contribution in [-0.2, 0) is 65.4 Å². The average molecular weight is 1330 g/mol. The maximum absolute atomic E-state index is 13.0. The first-order valence-electron chi connectivity index (χ1n) is 37.1. The number of hydrogen-bond acceptors (Lipinski definition) is 15. The minimum Gasteiger partial charge on any atom is -0.462 e. The van der Waals surface area contributed by atoms with Crippen LogP contribution in [0.4, 0.5) is 0 Å². The van der Waals surface area contributed by atoms with Gasteiger partial charge in [0, 0.05) is 25.7 Å². The van der Waals surface area contributed by atoms with Gasteiger partial charge in [0.25, 0.3) is 0 Å². The van der Waals surface area contributed by atoms with Gasteiger partial charge in [-0.3, -0.25) is 37.3 Å². The summed E-state index contributed by atoms with van der Waals surface area (Å²) in [4.78, 5) is 72.3. The number of carbonyl (C=O) groups excluding carboxylic acids is 4. The van der Waals surface area contributed by atoms with Crippen molar-refractivity contribution in [1.29, 1.82) is 0 Å². The van der Waals surface area contributed by atoms with Crippen LogP contribution in [0.3, 0.4) is 0 Å². The molecule has 0 aliphatic carbocycles. The summed E-state index contributed by atoms with van der Waals surface area (Å²) in [5.74, 6) is -1.33. The first-order valence-corrected chi connectivity index (χ1v) is 40.1. The Morgan fingerprint density at radius 1 is 0.300 bits per heavy atom. The molecule has 0 aliphatic heterocycles. The van der Waals surface area contributed by atoms with Gasteiger partial charge in [0.15, 0.2) is 12.2 Å². The first-order chi connectivity index (χ1) is 43.5. The van der Waals surface area contributed by atoms with E-state index in [1.807, 2.05) is 0 Å². The Hall–Kier alpha value is -1.94. The zero-order chi connectivity index (χ0) is 66.3. The Morgan fingerprint density at radius 2 is 0.511 bits per heavy atom. The Bertz CT molecular complexity index is 1740. The van der Waals surface area contributed by atoms with Crippen molar-refractivity contribution in [3.05, 3.63) is 0 Å². The van der Waals surface area contributed by atoms with Gasteiger partial charge in [0.2, 0.25) is 0 Å². The number of phosphoric acid groups is 2. The second kappa shape index (κ2) is 64.4. The van der Waals surface area contributed by atoms with Crippen LogP contribution in [0.5, 0.6) is 0 Å². The molecule has 0 amide bonds. The summed E-state index contributed by atoms with van der Waals surface area (Å²) in [7, 11) is -9.89. The van der Waals surface area contributed by atoms with E-state index in [1.54, 1.807) is 0 Å². The van der Waals surface area contributed by atoms with Gasteiger partial charge in [-0.15, -0.1) is 0 Å². The number of carbonyl (C=O) groups is 4. The number of unbranched alkanes of at least 4 members (excludes halogenated alkanes) is 43. The quantitative estimate of drug-likeness (QED) is 0.0222. The molecule has 2 unspecified atom stereocenters. The molecular weight excluding hydrogens is 1190 g/mol. The van der Waals surface area contributed by atoms with Crippen LogP contribution < -0.4 is 0 Å². The lowest BCUT2D eigenvalue weighted by Gasteiger charge is -2.21. The molecule has 0 aromatic heterocycles. The van der Waals surface area contributed by atoms with Crippen LogP contribution in [0.15, 0.2) is 0 Å². The van der Waals surface area contributed by atoms with Crippen LogP contribution in [-0.4, -0.2) is 96.7 Å². The van der Waals surface area contributed by atoms with E-state index in [1.165, 1.54) is 186 Å². The molecule has 0 rings (SSSR count). The molecule has 5 atom stereocenters. The smallest absolute Gasteiger partial charge is 0.462 e. The predicted octanol–water partition coefficient (Wildman–Crippen LogP) is 20.5. The number of phosphoric ester groups is 2. The van der Waals surface area contributed by atoms with Crippen molar-refractivity contribution in [2.75, 3.05) is 39.6 Å². The molecule has 0 aliphatic rings. The Morgan fingerprint density at radius 3 is 0.756 bits per heavy atom. The molecule has 17 nitrogen and oxygen atoms in total. The molecule has 0 aromatic carbocycles. The van der Waals surface area contributed by atoms with Crippen LogP contribution >= 0.6 is 15.6 Å². The molecule has 90 heavy (non-hydrogen) atoms. The molecule has 0 spiro atoms. The highest BCUT2D eigenvalue weighted by atomic mass is 31.2. The molecule has 19 heteroatoms. The van der Waals surface area contributed by atoms with Crippen LogP contribution in [0.1, 0.15) is 369 Å². The molecule has 0 fully saturated rings. The molecule has 0 saturated carbocycles. The van der Waals surface area contributed by atoms with Gasteiger partial charge >= 0.3 is 39.5 Å². The number of rotatable bonds is 71. The van der Waals surface area contributed by atoms with Crippen molar-refractivity contribution >= 4 is 39.5 Å². The van der Waals surface area contributed by atoms with E-state index >= 15 is 0 Å². The van der Waals surface area contributed by atoms with E-state index in [9.17, 15) is 43.2 Å². The van der Waals surface area contributed by atoms with Crippen molar-refractivity contribution < 1.29 is 80.2 Å². The van der Waals surface area contributed by atoms with Crippen molar-refractivity contribution in [2.45, 2.75) is 387 Å². The van der Waals surface area contributed by atoms with E-state index in [0.717, 1.165) is 102 Å². The molecule has 3 N–H and O–H groups in total. The van der Waals surface area contributed by atoms with Gasteiger partial charge in [0.1, 0.15) is 19.3 Å². The minimum atomic E-state index is -4.95. The number of hydrogen-bond donors (Lipinski definition) is 3. The zero-order valence-electron chi connectivity index (χ0n) is 58.3. The van der Waals surface area contributed by atoms with E-state index < -0.39 is 97.5 Å². The van der Waals surface area contributed by atoms with E-state index in [-0.39, 0.29) is 25.7 Å². The summed E-state index contributed by atoms with van der Waals surface area (Å²) in [5.41, 5.74) is 0. The lowest BCUT2D eigenvalue weighted by molar-refractivity contribution is -0.161. The van der Waals surface area contributed by atoms with Crippen LogP contribution in [0.25, 0.3) is 0 Å². The second-order valence-electron chi connectivity index (χ2n) is 26.1. The van der Waals surface area contributed by atoms with Gasteiger partial charge in [-0.1, -0.05) is 317 Å². The number of esters is 4. The standard InChI is InChI=1S/C71H138O17P2/c1-6-9-12-15-17-19-21-23-25-29-33-36-40-45-50-55-69(74)82-61-67(88-71(76)57-52-47-42-38-34-30-27-24-26-28-31-35-39-44-48-53-64(4)5)63-86-90(79,80)84-59-65(72)58-83-89(77,78)85-62-66(60-81-68(73)54-49-43-14-11-8-3)87-70(75)56-51-46-41-37-32-22-20-18-16-13-10-7-2/h64-67,72H,6-63H2,1-5H3,(H,77,78)(H,79,80)/t65-,66+,67+/m0/s1. The molecule has 0 heterocycles. The van der Waals surface area contributed by atoms with E-state index in [0.29, 0.717) is 25.7 Å². The molecular formula is C71H138O17P2. The first kappa shape index (κ1) is 88.1. The molecule has 0 bridgehead atoms. The SMILES string of the molecule is CCCCCCCCCCCCCCCCCC(=O)OC[C@H](COP(=O)(O)OC[C@@H](O)COP(=O)(O)OC[C@@H](COC(=O)CCCCCCC)OC(=O)CCCCCCCCCCCCCC)OC(=O)CCCCCCCCCCCCCCCCCC(C)C. The molecule has 0 saturated heterocycles. The normalized spacial score (nSPS) is 14.1. The summed E-state index contributed by atoms with van der Waals surface area (Å²) in [6, 6.07) is 0. The Kier molecular flexibility index (Phi) is 63.0. The number of aliphatic hydroxyl groups is 1. The maximum atomic E-state index is 13.0.